The molecule has 35 heavy (non-hydrogen) atoms. The maximum absolute atomic E-state index is 12.8. The van der Waals surface area contributed by atoms with Crippen LogP contribution in [0.4, 0.5) is 5.69 Å². The number of hydrogen-bond acceptors (Lipinski definition) is 5. The van der Waals surface area contributed by atoms with Crippen LogP contribution in [0.1, 0.15) is 42.4 Å². The van der Waals surface area contributed by atoms with Crippen LogP contribution in [0.2, 0.25) is 0 Å². The van der Waals surface area contributed by atoms with Crippen molar-refractivity contribution in [1.82, 2.24) is 0 Å². The average molecular weight is 494 g/mol. The normalized spacial score (nSPS) is 12.0. The van der Waals surface area contributed by atoms with Crippen molar-refractivity contribution in [3.63, 3.8) is 0 Å². The third-order valence-corrected chi connectivity index (χ3v) is 7.83. The second-order valence-corrected chi connectivity index (χ2v) is 10.8. The summed E-state index contributed by atoms with van der Waals surface area (Å²) in [5.41, 5.74) is 5.04. The summed E-state index contributed by atoms with van der Waals surface area (Å²) in [4.78, 5) is 2.33. The zero-order chi connectivity index (χ0) is 25.1. The van der Waals surface area contributed by atoms with Crippen molar-refractivity contribution in [2.75, 3.05) is 37.5 Å². The molecule has 0 heterocycles. The Morgan fingerprint density at radius 3 is 1.97 bits per heavy atom. The monoisotopic (exact) mass is 493 g/mol. The summed E-state index contributed by atoms with van der Waals surface area (Å²) in [6.07, 6.45) is 5.06. The van der Waals surface area contributed by atoms with Crippen LogP contribution in [0, 0.1) is 0 Å². The molecule has 0 saturated heterocycles. The Balaban J connectivity index is 1.87. The van der Waals surface area contributed by atoms with Crippen LogP contribution in [0.15, 0.2) is 83.8 Å². The Kier molecular flexibility index (Phi) is 10.1. The molecule has 0 aromatic heterocycles. The Morgan fingerprint density at radius 1 is 0.771 bits per heavy atom. The van der Waals surface area contributed by atoms with E-state index < -0.39 is 9.84 Å². The molecule has 0 aliphatic heterocycles. The van der Waals surface area contributed by atoms with Crippen LogP contribution in [-0.4, -0.2) is 51.2 Å². The minimum Gasteiger partial charge on any atom is -0.396 e. The highest BCUT2D eigenvalue weighted by Crippen LogP contribution is 2.29. The molecule has 0 saturated carbocycles. The van der Waals surface area contributed by atoms with E-state index >= 15 is 0 Å². The molecule has 2 N–H and O–H groups in total. The minimum atomic E-state index is -3.34. The van der Waals surface area contributed by atoms with E-state index in [1.165, 1.54) is 0 Å². The number of benzene rings is 3. The van der Waals surface area contributed by atoms with Gasteiger partial charge in [-0.05, 0) is 65.4 Å². The Hall–Kier alpha value is -2.93. The maximum atomic E-state index is 12.8. The first-order valence-corrected chi connectivity index (χ1v) is 13.7. The minimum absolute atomic E-state index is 0.0926. The lowest BCUT2D eigenvalue weighted by molar-refractivity contribution is 0.283. The van der Waals surface area contributed by atoms with Gasteiger partial charge in [-0.15, -0.1) is 0 Å². The third-order valence-electron chi connectivity index (χ3n) is 6.01. The highest BCUT2D eigenvalue weighted by atomic mass is 32.2. The summed E-state index contributed by atoms with van der Waals surface area (Å²) in [7, 11) is -1.40. The van der Waals surface area contributed by atoms with Crippen LogP contribution in [-0.2, 0) is 9.84 Å². The molecule has 0 unspecified atom stereocenters. The Labute approximate surface area is 209 Å². The maximum Gasteiger partial charge on any atom is 0.178 e. The topological polar surface area (TPSA) is 77.8 Å². The lowest BCUT2D eigenvalue weighted by Gasteiger charge is -2.18. The lowest BCUT2D eigenvalue weighted by atomic mass is 9.95. The fourth-order valence-electron chi connectivity index (χ4n) is 3.94. The second kappa shape index (κ2) is 13.2. The van der Waals surface area contributed by atoms with Gasteiger partial charge >= 0.3 is 0 Å². The van der Waals surface area contributed by atoms with Gasteiger partial charge in [0.05, 0.1) is 17.3 Å². The first-order chi connectivity index (χ1) is 16.9. The summed E-state index contributed by atoms with van der Waals surface area (Å²) in [5, 5.41) is 18.1. The second-order valence-electron chi connectivity index (χ2n) is 8.64. The molecule has 5 nitrogen and oxygen atoms in total. The van der Waals surface area contributed by atoms with E-state index in [0.29, 0.717) is 24.3 Å². The number of likely N-dealkylation sites (N-methyl/N-ethyl adjacent to an activating group) is 1. The van der Waals surface area contributed by atoms with E-state index in [-0.39, 0.29) is 19.0 Å². The van der Waals surface area contributed by atoms with E-state index in [4.69, 9.17) is 5.11 Å². The molecule has 0 fully saturated rings. The molecule has 6 heteroatoms. The van der Waals surface area contributed by atoms with Gasteiger partial charge in [0.25, 0.3) is 0 Å². The average Bonchev–Trinajstić information content (AvgIpc) is 2.88. The van der Waals surface area contributed by atoms with Crippen molar-refractivity contribution in [3.8, 4) is 0 Å². The number of nitrogens with zero attached hydrogens (tertiary/aromatic N) is 1. The van der Waals surface area contributed by atoms with Gasteiger partial charge < -0.3 is 15.1 Å². The van der Waals surface area contributed by atoms with E-state index in [1.54, 1.807) is 12.1 Å². The lowest BCUT2D eigenvalue weighted by Crippen LogP contribution is -2.20. The zero-order valence-electron chi connectivity index (χ0n) is 20.3. The van der Waals surface area contributed by atoms with Crippen molar-refractivity contribution in [2.24, 2.45) is 0 Å². The van der Waals surface area contributed by atoms with Gasteiger partial charge in [0, 0.05) is 25.9 Å². The van der Waals surface area contributed by atoms with Gasteiger partial charge in [-0.2, -0.15) is 0 Å². The summed E-state index contributed by atoms with van der Waals surface area (Å²) in [6.45, 7) is 0.799. The summed E-state index contributed by atoms with van der Waals surface area (Å²) in [6, 6.07) is 25.3. The van der Waals surface area contributed by atoms with Crippen LogP contribution in [0.25, 0.3) is 11.6 Å². The smallest absolute Gasteiger partial charge is 0.178 e. The van der Waals surface area contributed by atoms with E-state index in [1.807, 2.05) is 66.5 Å². The molecule has 0 radical (unpaired) electrons. The van der Waals surface area contributed by atoms with Gasteiger partial charge in [-0.3, -0.25) is 0 Å². The summed E-state index contributed by atoms with van der Waals surface area (Å²) < 4.78 is 25.6. The number of anilines is 1. The van der Waals surface area contributed by atoms with Gasteiger partial charge in [0.2, 0.25) is 0 Å². The highest BCUT2D eigenvalue weighted by Gasteiger charge is 2.15. The molecule has 0 atom stereocenters. The summed E-state index contributed by atoms with van der Waals surface area (Å²) in [5.74, 6) is 0.118. The van der Waals surface area contributed by atoms with Crippen molar-refractivity contribution < 1.29 is 18.6 Å². The van der Waals surface area contributed by atoms with Crippen molar-refractivity contribution in [2.45, 2.75) is 30.6 Å². The fourth-order valence-corrected chi connectivity index (χ4v) is 5.31. The van der Waals surface area contributed by atoms with Crippen LogP contribution >= 0.6 is 0 Å². The molecule has 0 spiro atoms. The molecule has 0 amide bonds. The van der Waals surface area contributed by atoms with Crippen LogP contribution in [0.3, 0.4) is 0 Å². The zero-order valence-corrected chi connectivity index (χ0v) is 21.1. The van der Waals surface area contributed by atoms with Gasteiger partial charge in [0.15, 0.2) is 9.84 Å². The quantitative estimate of drug-likeness (QED) is 0.258. The predicted molar refractivity (Wildman–Crippen MR) is 144 cm³/mol. The summed E-state index contributed by atoms with van der Waals surface area (Å²) >= 11 is 0. The number of sulfone groups is 1. The number of rotatable bonds is 13. The van der Waals surface area contributed by atoms with E-state index in [9.17, 15) is 13.5 Å². The SMILES string of the molecule is CN(CCO)c1ccc(C(=Cc2ccccc2)c2ccc(S(=O)(=O)CCCCCCO)cc2)cc1. The third kappa shape index (κ3) is 7.79. The van der Waals surface area contributed by atoms with Crippen molar-refractivity contribution >= 4 is 27.2 Å². The molecular formula is C29H35NO4S. The first kappa shape index (κ1) is 26.7. The van der Waals surface area contributed by atoms with Gasteiger partial charge in [0.1, 0.15) is 0 Å². The first-order valence-electron chi connectivity index (χ1n) is 12.1. The van der Waals surface area contributed by atoms with Crippen LogP contribution in [0.5, 0.6) is 0 Å². The van der Waals surface area contributed by atoms with E-state index in [2.05, 4.69) is 18.2 Å². The standard InChI is InChI=1S/C29H35NO4S/c1-30(19-21-32)27-15-11-25(12-16-27)29(23-24-9-5-4-6-10-24)26-13-17-28(18-14-26)35(33,34)22-8-3-2-7-20-31/h4-6,9-18,23,31-32H,2-3,7-8,19-22H2,1H3. The highest BCUT2D eigenvalue weighted by molar-refractivity contribution is 7.91. The molecule has 3 rings (SSSR count). The van der Waals surface area contributed by atoms with Gasteiger partial charge in [-0.25, -0.2) is 8.42 Å². The molecule has 3 aromatic rings. The molecular weight excluding hydrogens is 458 g/mol. The molecule has 0 bridgehead atoms. The number of unbranched alkanes of at least 4 members (excludes halogenated alkanes) is 3. The van der Waals surface area contributed by atoms with Crippen molar-refractivity contribution in [1.29, 1.82) is 0 Å². The van der Waals surface area contributed by atoms with Crippen molar-refractivity contribution in [3.05, 3.63) is 95.6 Å². The number of aliphatic hydroxyl groups excluding tert-OH is 2. The molecule has 0 aliphatic carbocycles. The predicted octanol–water partition coefficient (Wildman–Crippen LogP) is 5.03. The van der Waals surface area contributed by atoms with E-state index in [0.717, 1.165) is 40.8 Å². The largest absolute Gasteiger partial charge is 0.396 e. The number of aliphatic hydroxyl groups is 2. The van der Waals surface area contributed by atoms with Gasteiger partial charge in [-0.1, -0.05) is 67.4 Å². The Morgan fingerprint density at radius 2 is 1.37 bits per heavy atom. The number of hydrogen-bond donors (Lipinski definition) is 2. The molecule has 186 valence electrons. The Bertz CT molecular complexity index is 1170. The molecule has 3 aromatic carbocycles. The van der Waals surface area contributed by atoms with Crippen LogP contribution < -0.4 is 4.90 Å². The molecule has 0 aliphatic rings. The fraction of sp³-hybridized carbons (Fsp3) is 0.310.